The molecule has 0 amide bonds. The number of rotatable bonds is 6. The van der Waals surface area contributed by atoms with Crippen molar-refractivity contribution in [3.05, 3.63) is 41.7 Å². The van der Waals surface area contributed by atoms with E-state index < -0.39 is 6.61 Å². The maximum atomic E-state index is 12.6. The molecule has 3 rings (SSSR count). The van der Waals surface area contributed by atoms with Crippen LogP contribution in [0.5, 0.6) is 11.5 Å². The highest BCUT2D eigenvalue weighted by Crippen LogP contribution is 2.29. The van der Waals surface area contributed by atoms with Gasteiger partial charge < -0.3 is 24.4 Å². The van der Waals surface area contributed by atoms with Gasteiger partial charge in [-0.1, -0.05) is 6.07 Å². The average molecular weight is 537 g/mol. The molecule has 1 saturated heterocycles. The lowest BCUT2D eigenvalue weighted by atomic mass is 10.1. The number of aryl methyl sites for hydroxylation is 1. The maximum absolute atomic E-state index is 12.6. The number of benzene rings is 1. The van der Waals surface area contributed by atoms with Crippen LogP contribution in [-0.2, 0) is 18.3 Å². The van der Waals surface area contributed by atoms with Crippen molar-refractivity contribution in [2.24, 2.45) is 12.0 Å². The number of alkyl halides is 2. The minimum atomic E-state index is -2.92. The topological polar surface area (TPSA) is 73.1 Å². The first-order valence-electron chi connectivity index (χ1n) is 9.17. The minimum absolute atomic E-state index is 0. The van der Waals surface area contributed by atoms with Crippen LogP contribution in [0.1, 0.15) is 17.2 Å². The number of aromatic nitrogens is 2. The Bertz CT molecular complexity index is 849. The Morgan fingerprint density at radius 3 is 2.83 bits per heavy atom. The molecule has 1 atom stereocenters. The summed E-state index contributed by atoms with van der Waals surface area (Å²) in [5.41, 5.74) is 1.77. The molecule has 1 aromatic carbocycles. The summed E-state index contributed by atoms with van der Waals surface area (Å²) in [5, 5.41) is 7.46. The quantitative estimate of drug-likeness (QED) is 0.347. The Morgan fingerprint density at radius 2 is 2.20 bits per heavy atom. The van der Waals surface area contributed by atoms with Gasteiger partial charge in [0.05, 0.1) is 26.5 Å². The molecule has 2 aromatic rings. The summed E-state index contributed by atoms with van der Waals surface area (Å²) in [6, 6.07) is 4.92. The van der Waals surface area contributed by atoms with E-state index in [0.29, 0.717) is 32.2 Å². The van der Waals surface area contributed by atoms with Crippen LogP contribution in [-0.4, -0.2) is 61.1 Å². The van der Waals surface area contributed by atoms with Crippen LogP contribution >= 0.6 is 24.0 Å². The van der Waals surface area contributed by atoms with E-state index in [0.717, 1.165) is 11.1 Å². The molecular formula is C19H26F2IN5O3. The Balaban J connectivity index is 0.00000320. The first-order valence-corrected chi connectivity index (χ1v) is 9.17. The fourth-order valence-corrected chi connectivity index (χ4v) is 3.18. The van der Waals surface area contributed by atoms with E-state index in [-0.39, 0.29) is 41.6 Å². The molecule has 0 saturated carbocycles. The molecule has 2 heterocycles. The van der Waals surface area contributed by atoms with E-state index >= 15 is 0 Å². The highest BCUT2D eigenvalue weighted by Gasteiger charge is 2.25. The average Bonchev–Trinajstić information content (AvgIpc) is 3.15. The summed E-state index contributed by atoms with van der Waals surface area (Å²) in [4.78, 5) is 6.44. The molecule has 1 fully saturated rings. The summed E-state index contributed by atoms with van der Waals surface area (Å²) in [6.45, 7) is -0.634. The van der Waals surface area contributed by atoms with E-state index in [4.69, 9.17) is 9.47 Å². The van der Waals surface area contributed by atoms with Crippen molar-refractivity contribution in [1.29, 1.82) is 0 Å². The molecule has 0 aliphatic carbocycles. The SMILES string of the molecule is CN=C(NCc1ccc(OC)c(OC(F)F)c1)N1CCOC(c2cnn(C)c2)C1.I. The molecule has 11 heteroatoms. The van der Waals surface area contributed by atoms with Crippen LogP contribution in [0.15, 0.2) is 35.6 Å². The van der Waals surface area contributed by atoms with E-state index in [1.165, 1.54) is 13.2 Å². The fourth-order valence-electron chi connectivity index (χ4n) is 3.18. The number of hydrogen-bond acceptors (Lipinski definition) is 5. The van der Waals surface area contributed by atoms with Gasteiger partial charge in [0.1, 0.15) is 6.10 Å². The van der Waals surface area contributed by atoms with Gasteiger partial charge in [-0.3, -0.25) is 9.67 Å². The molecule has 8 nitrogen and oxygen atoms in total. The molecule has 1 unspecified atom stereocenters. The summed E-state index contributed by atoms with van der Waals surface area (Å²) >= 11 is 0. The minimum Gasteiger partial charge on any atom is -0.493 e. The standard InChI is InChI=1S/C19H25F2N5O3.HI/c1-22-19(26-6-7-28-17(12-26)14-10-24-25(2)11-14)23-9-13-4-5-15(27-3)16(8-13)29-18(20)21;/h4-5,8,10-11,17-18H,6-7,9,12H2,1-3H3,(H,22,23);1H. The second-order valence-electron chi connectivity index (χ2n) is 6.52. The molecule has 1 aliphatic rings. The molecule has 166 valence electrons. The first-order chi connectivity index (χ1) is 14.0. The predicted octanol–water partition coefficient (Wildman–Crippen LogP) is 2.80. The van der Waals surface area contributed by atoms with Crippen molar-refractivity contribution in [3.8, 4) is 11.5 Å². The first kappa shape index (κ1) is 24.1. The lowest BCUT2D eigenvalue weighted by Gasteiger charge is -2.34. The number of morpholine rings is 1. The van der Waals surface area contributed by atoms with Crippen molar-refractivity contribution in [1.82, 2.24) is 20.0 Å². The highest BCUT2D eigenvalue weighted by molar-refractivity contribution is 14.0. The van der Waals surface area contributed by atoms with Gasteiger partial charge in [-0.15, -0.1) is 24.0 Å². The van der Waals surface area contributed by atoms with Crippen molar-refractivity contribution in [2.75, 3.05) is 33.9 Å². The number of hydrogen-bond donors (Lipinski definition) is 1. The number of halogens is 3. The Morgan fingerprint density at radius 1 is 1.40 bits per heavy atom. The summed E-state index contributed by atoms with van der Waals surface area (Å²) in [7, 11) is 4.98. The van der Waals surface area contributed by atoms with Crippen LogP contribution in [0.25, 0.3) is 0 Å². The molecule has 1 aliphatic heterocycles. The number of guanidine groups is 1. The highest BCUT2D eigenvalue weighted by atomic mass is 127. The monoisotopic (exact) mass is 537 g/mol. The molecule has 30 heavy (non-hydrogen) atoms. The zero-order chi connectivity index (χ0) is 20.8. The third-order valence-electron chi connectivity index (χ3n) is 4.57. The van der Waals surface area contributed by atoms with Gasteiger partial charge in [0.2, 0.25) is 0 Å². The van der Waals surface area contributed by atoms with Gasteiger partial charge >= 0.3 is 6.61 Å². The molecular weight excluding hydrogens is 511 g/mol. The fraction of sp³-hybridized carbons (Fsp3) is 0.474. The predicted molar refractivity (Wildman–Crippen MR) is 119 cm³/mol. The number of ether oxygens (including phenoxy) is 3. The normalized spacial score (nSPS) is 16.9. The number of aliphatic imine (C=N–C) groups is 1. The largest absolute Gasteiger partial charge is 0.493 e. The molecule has 0 spiro atoms. The lowest BCUT2D eigenvalue weighted by molar-refractivity contribution is -0.0512. The summed E-state index contributed by atoms with van der Waals surface area (Å²) < 4.78 is 42.5. The van der Waals surface area contributed by atoms with Gasteiger partial charge in [0.25, 0.3) is 0 Å². The van der Waals surface area contributed by atoms with Crippen LogP contribution in [0.4, 0.5) is 8.78 Å². The number of nitrogens with one attached hydrogen (secondary N) is 1. The van der Waals surface area contributed by atoms with Gasteiger partial charge in [0.15, 0.2) is 17.5 Å². The zero-order valence-corrected chi connectivity index (χ0v) is 19.4. The van der Waals surface area contributed by atoms with E-state index in [9.17, 15) is 8.78 Å². The number of nitrogens with zero attached hydrogens (tertiary/aromatic N) is 4. The van der Waals surface area contributed by atoms with Gasteiger partial charge in [-0.2, -0.15) is 13.9 Å². The molecule has 1 N–H and O–H groups in total. The van der Waals surface area contributed by atoms with Crippen molar-refractivity contribution in [3.63, 3.8) is 0 Å². The van der Waals surface area contributed by atoms with E-state index in [1.54, 1.807) is 30.1 Å². The molecule has 1 aromatic heterocycles. The van der Waals surface area contributed by atoms with Crippen molar-refractivity contribution >= 4 is 29.9 Å². The van der Waals surface area contributed by atoms with Crippen molar-refractivity contribution < 1.29 is 23.0 Å². The smallest absolute Gasteiger partial charge is 0.387 e. The van der Waals surface area contributed by atoms with Crippen LogP contribution < -0.4 is 14.8 Å². The van der Waals surface area contributed by atoms with Crippen LogP contribution in [0.2, 0.25) is 0 Å². The second kappa shape index (κ2) is 11.3. The van der Waals surface area contributed by atoms with Gasteiger partial charge in [-0.05, 0) is 17.7 Å². The van der Waals surface area contributed by atoms with Gasteiger partial charge in [-0.25, -0.2) is 0 Å². The van der Waals surface area contributed by atoms with E-state index in [2.05, 4.69) is 25.0 Å². The number of methoxy groups -OCH3 is 1. The lowest BCUT2D eigenvalue weighted by Crippen LogP contribution is -2.47. The van der Waals surface area contributed by atoms with E-state index in [1.807, 2.05) is 13.2 Å². The van der Waals surface area contributed by atoms with Gasteiger partial charge in [0, 0.05) is 38.9 Å². The zero-order valence-electron chi connectivity index (χ0n) is 17.0. The Hall–Kier alpha value is -2.15. The molecule has 0 radical (unpaired) electrons. The summed E-state index contributed by atoms with van der Waals surface area (Å²) in [5.74, 6) is 0.958. The Kier molecular flexibility index (Phi) is 9.08. The Labute approximate surface area is 191 Å². The third-order valence-corrected chi connectivity index (χ3v) is 4.57. The van der Waals surface area contributed by atoms with Crippen molar-refractivity contribution in [2.45, 2.75) is 19.3 Å². The molecule has 0 bridgehead atoms. The second-order valence-corrected chi connectivity index (χ2v) is 6.52. The maximum Gasteiger partial charge on any atom is 0.387 e. The van der Waals surface area contributed by atoms with Crippen LogP contribution in [0, 0.1) is 0 Å². The van der Waals surface area contributed by atoms with Crippen LogP contribution in [0.3, 0.4) is 0 Å². The third kappa shape index (κ3) is 6.17. The summed E-state index contributed by atoms with van der Waals surface area (Å²) in [6.07, 6.45) is 3.64.